The van der Waals surface area contributed by atoms with E-state index in [0.717, 1.165) is 61.2 Å². The lowest BCUT2D eigenvalue weighted by atomic mass is 9.84. The van der Waals surface area contributed by atoms with Gasteiger partial charge in [-0.25, -0.2) is 0 Å². The van der Waals surface area contributed by atoms with Gasteiger partial charge in [0.25, 0.3) is 0 Å². The molecule has 3 aromatic rings. The van der Waals surface area contributed by atoms with E-state index in [1.54, 1.807) is 11.0 Å². The number of carbonyl (C=O) groups excluding carboxylic acids is 3. The van der Waals surface area contributed by atoms with E-state index in [-0.39, 0.29) is 30.3 Å². The van der Waals surface area contributed by atoms with E-state index in [2.05, 4.69) is 46.1 Å². The molecular formula is C34H39N5O4. The van der Waals surface area contributed by atoms with Gasteiger partial charge >= 0.3 is 0 Å². The molecule has 6 rings (SSSR count). The van der Waals surface area contributed by atoms with E-state index in [1.807, 2.05) is 42.2 Å². The Morgan fingerprint density at radius 1 is 0.860 bits per heavy atom. The summed E-state index contributed by atoms with van der Waals surface area (Å²) in [5.41, 5.74) is 4.53. The van der Waals surface area contributed by atoms with Gasteiger partial charge in [0.15, 0.2) is 0 Å². The fourth-order valence-electron chi connectivity index (χ4n) is 6.14. The van der Waals surface area contributed by atoms with Gasteiger partial charge in [-0.05, 0) is 80.8 Å². The highest BCUT2D eigenvalue weighted by molar-refractivity contribution is 5.97. The van der Waals surface area contributed by atoms with Gasteiger partial charge < -0.3 is 25.0 Å². The topological polar surface area (TPSA) is 108 Å². The monoisotopic (exact) mass is 581 g/mol. The largest absolute Gasteiger partial charge is 0.365 e. The number of benzene rings is 2. The number of anilines is 2. The predicted molar refractivity (Wildman–Crippen MR) is 166 cm³/mol. The zero-order valence-corrected chi connectivity index (χ0v) is 24.6. The summed E-state index contributed by atoms with van der Waals surface area (Å²) in [4.78, 5) is 42.3. The number of nitrogens with one attached hydrogen (secondary N) is 2. The molecule has 1 aromatic heterocycles. The van der Waals surface area contributed by atoms with Crippen molar-refractivity contribution in [2.24, 2.45) is 5.92 Å². The number of hydrogen-bond donors (Lipinski definition) is 2. The first-order valence-electron chi connectivity index (χ1n) is 15.4. The zero-order valence-electron chi connectivity index (χ0n) is 24.6. The Balaban J connectivity index is 0.996. The van der Waals surface area contributed by atoms with E-state index in [0.29, 0.717) is 30.3 Å². The Morgan fingerprint density at radius 2 is 1.51 bits per heavy atom. The summed E-state index contributed by atoms with van der Waals surface area (Å²) in [6.45, 7) is 3.22. The van der Waals surface area contributed by atoms with Crippen LogP contribution in [0.2, 0.25) is 0 Å². The molecule has 2 N–H and O–H groups in total. The van der Waals surface area contributed by atoms with Crippen molar-refractivity contribution >= 4 is 41.2 Å². The number of carbonyl (C=O) groups is 3. The Morgan fingerprint density at radius 3 is 2.14 bits per heavy atom. The lowest BCUT2D eigenvalue weighted by Gasteiger charge is -2.33. The van der Waals surface area contributed by atoms with Gasteiger partial charge in [0, 0.05) is 36.4 Å². The van der Waals surface area contributed by atoms with Crippen LogP contribution in [0.15, 0.2) is 59.1 Å². The van der Waals surface area contributed by atoms with E-state index < -0.39 is 6.04 Å². The molecular weight excluding hydrogens is 542 g/mol. The van der Waals surface area contributed by atoms with Crippen molar-refractivity contribution in [3.63, 3.8) is 0 Å². The van der Waals surface area contributed by atoms with E-state index >= 15 is 0 Å². The van der Waals surface area contributed by atoms with Crippen molar-refractivity contribution in [3.05, 3.63) is 77.2 Å². The SMILES string of the molecule is Cc1cc(CC(=O)N2CCC[C@H]2C(=O)Nc2ccc(/C=C/c3ccc(N[C@@H]4CCCN4C(=O)C4CCC4)cc3)cc2)on1. The number of rotatable bonds is 9. The highest BCUT2D eigenvalue weighted by atomic mass is 16.5. The van der Waals surface area contributed by atoms with Crippen LogP contribution in [0.25, 0.3) is 12.2 Å². The van der Waals surface area contributed by atoms with E-state index in [9.17, 15) is 14.4 Å². The van der Waals surface area contributed by atoms with Crippen LogP contribution in [-0.2, 0) is 20.8 Å². The van der Waals surface area contributed by atoms with Crippen molar-refractivity contribution in [1.82, 2.24) is 15.0 Å². The van der Waals surface area contributed by atoms with Crippen LogP contribution >= 0.6 is 0 Å². The molecule has 9 nitrogen and oxygen atoms in total. The quantitative estimate of drug-likeness (QED) is 0.324. The number of aromatic nitrogens is 1. The van der Waals surface area contributed by atoms with Crippen LogP contribution in [0.4, 0.5) is 11.4 Å². The summed E-state index contributed by atoms with van der Waals surface area (Å²) in [6.07, 6.45) is 11.0. The highest BCUT2D eigenvalue weighted by Crippen LogP contribution is 2.31. The molecule has 1 saturated carbocycles. The molecule has 3 heterocycles. The second kappa shape index (κ2) is 12.9. The second-order valence-electron chi connectivity index (χ2n) is 11.9. The van der Waals surface area contributed by atoms with Crippen LogP contribution in [-0.4, -0.2) is 58.0 Å². The molecule has 0 bridgehead atoms. The Kier molecular flexibility index (Phi) is 8.58. The van der Waals surface area contributed by atoms with Gasteiger partial charge in [0.1, 0.15) is 18.0 Å². The van der Waals surface area contributed by atoms with Crippen LogP contribution in [0.1, 0.15) is 67.5 Å². The van der Waals surface area contributed by atoms with Crippen molar-refractivity contribution in [2.75, 3.05) is 23.7 Å². The minimum absolute atomic E-state index is 0.0781. The first kappa shape index (κ1) is 28.7. The Hall–Kier alpha value is -4.40. The molecule has 0 spiro atoms. The van der Waals surface area contributed by atoms with Crippen LogP contribution in [0.3, 0.4) is 0 Å². The second-order valence-corrected chi connectivity index (χ2v) is 11.9. The Labute approximate surface area is 252 Å². The lowest BCUT2D eigenvalue weighted by molar-refractivity contribution is -0.138. The van der Waals surface area contributed by atoms with E-state index in [4.69, 9.17) is 4.52 Å². The maximum Gasteiger partial charge on any atom is 0.247 e. The number of likely N-dealkylation sites (tertiary alicyclic amines) is 2. The molecule has 3 fully saturated rings. The maximum atomic E-state index is 13.0. The van der Waals surface area contributed by atoms with Crippen molar-refractivity contribution in [3.8, 4) is 0 Å². The Bertz CT molecular complexity index is 1480. The van der Waals surface area contributed by atoms with Crippen LogP contribution in [0, 0.1) is 12.8 Å². The summed E-state index contributed by atoms with van der Waals surface area (Å²) in [6, 6.07) is 17.2. The fraction of sp³-hybridized carbons (Fsp3) is 0.412. The third-order valence-corrected chi connectivity index (χ3v) is 8.76. The number of hydrogen-bond acceptors (Lipinski definition) is 6. The smallest absolute Gasteiger partial charge is 0.247 e. The molecule has 0 unspecified atom stereocenters. The average molecular weight is 582 g/mol. The third kappa shape index (κ3) is 6.82. The van der Waals surface area contributed by atoms with Gasteiger partial charge in [-0.3, -0.25) is 14.4 Å². The third-order valence-electron chi connectivity index (χ3n) is 8.76. The number of aryl methyl sites for hydroxylation is 1. The molecule has 43 heavy (non-hydrogen) atoms. The molecule has 1 aliphatic carbocycles. The van der Waals surface area contributed by atoms with Gasteiger partial charge in [-0.2, -0.15) is 0 Å². The molecule has 3 amide bonds. The van der Waals surface area contributed by atoms with Gasteiger partial charge in [-0.1, -0.05) is 48.0 Å². The van der Waals surface area contributed by atoms with Crippen LogP contribution in [0.5, 0.6) is 0 Å². The summed E-state index contributed by atoms with van der Waals surface area (Å²) in [7, 11) is 0. The van der Waals surface area contributed by atoms with Crippen molar-refractivity contribution in [2.45, 2.75) is 70.5 Å². The summed E-state index contributed by atoms with van der Waals surface area (Å²) in [5, 5.41) is 10.4. The van der Waals surface area contributed by atoms with Crippen molar-refractivity contribution < 1.29 is 18.9 Å². The predicted octanol–water partition coefficient (Wildman–Crippen LogP) is 5.49. The van der Waals surface area contributed by atoms with Gasteiger partial charge in [0.2, 0.25) is 17.7 Å². The van der Waals surface area contributed by atoms with Gasteiger partial charge in [0.05, 0.1) is 12.1 Å². The zero-order chi connectivity index (χ0) is 29.8. The first-order valence-corrected chi connectivity index (χ1v) is 15.4. The molecule has 2 aromatic carbocycles. The maximum absolute atomic E-state index is 13.0. The average Bonchev–Trinajstić information content (AvgIpc) is 3.74. The molecule has 2 aliphatic heterocycles. The molecule has 2 saturated heterocycles. The molecule has 2 atom stereocenters. The minimum atomic E-state index is -0.492. The first-order chi connectivity index (χ1) is 20.9. The standard InChI is InChI=1S/C34H39N5O4/c1-23-21-29(43-37-23)22-32(40)38-19-3-7-30(38)33(41)36-28-17-13-25(14-18-28)10-9-24-11-15-27(16-12-24)35-31-8-4-20-39(31)34(42)26-5-2-6-26/h9-18,21,26,30-31,35H,2-8,19-20,22H2,1H3,(H,36,41)/b10-9+/t30-,31-/m0/s1. The molecule has 0 radical (unpaired) electrons. The highest BCUT2D eigenvalue weighted by Gasteiger charge is 2.36. The number of amides is 3. The number of nitrogens with zero attached hydrogens (tertiary/aromatic N) is 3. The van der Waals surface area contributed by atoms with Crippen LogP contribution < -0.4 is 10.6 Å². The molecule has 3 aliphatic rings. The summed E-state index contributed by atoms with van der Waals surface area (Å²) in [5.74, 6) is 0.755. The summed E-state index contributed by atoms with van der Waals surface area (Å²) < 4.78 is 5.18. The van der Waals surface area contributed by atoms with Crippen molar-refractivity contribution in [1.29, 1.82) is 0 Å². The van der Waals surface area contributed by atoms with E-state index in [1.165, 1.54) is 6.42 Å². The minimum Gasteiger partial charge on any atom is -0.365 e. The normalized spacial score (nSPS) is 20.4. The fourth-order valence-corrected chi connectivity index (χ4v) is 6.14. The molecule has 224 valence electrons. The summed E-state index contributed by atoms with van der Waals surface area (Å²) >= 11 is 0. The molecule has 9 heteroatoms. The van der Waals surface area contributed by atoms with Gasteiger partial charge in [-0.15, -0.1) is 0 Å². The lowest BCUT2D eigenvalue weighted by Crippen LogP contribution is -2.44.